The molecule has 7 heteroatoms. The van der Waals surface area contributed by atoms with E-state index in [4.69, 9.17) is 0 Å². The highest BCUT2D eigenvalue weighted by molar-refractivity contribution is 7.89. The monoisotopic (exact) mass is 406 g/mol. The van der Waals surface area contributed by atoms with Gasteiger partial charge in [0.15, 0.2) is 0 Å². The van der Waals surface area contributed by atoms with Gasteiger partial charge in [-0.15, -0.1) is 17.9 Å². The van der Waals surface area contributed by atoms with E-state index in [1.165, 1.54) is 0 Å². The number of carbonyl (C=O) groups excluding carboxylic acids is 1. The Balaban J connectivity index is 2.01. The fourth-order valence-corrected chi connectivity index (χ4v) is 5.31. The van der Waals surface area contributed by atoms with Crippen molar-refractivity contribution >= 4 is 27.3 Å². The predicted octanol–water partition coefficient (Wildman–Crippen LogP) is 3.56. The summed E-state index contributed by atoms with van der Waals surface area (Å²) in [5, 5.41) is 1.96. The fraction of sp³-hybridized carbons (Fsp3) is 0.350. The SMILES string of the molecule is C=CCN(Cc1cccs1)C(=O)CCNS(=O)(=O)c1c(C)cc(C)cc1C. The first-order chi connectivity index (χ1) is 12.7. The van der Waals surface area contributed by atoms with Crippen molar-refractivity contribution in [3.8, 4) is 0 Å². The van der Waals surface area contributed by atoms with Gasteiger partial charge in [0.2, 0.25) is 15.9 Å². The van der Waals surface area contributed by atoms with E-state index in [9.17, 15) is 13.2 Å². The standard InChI is InChI=1S/C20H26N2O3S2/c1-5-10-22(14-18-7-6-11-26-18)19(23)8-9-21-27(24,25)20-16(3)12-15(2)13-17(20)4/h5-7,11-13,21H,1,8-10,14H2,2-4H3. The van der Waals surface area contributed by atoms with Crippen LogP contribution in [-0.2, 0) is 21.4 Å². The zero-order valence-corrected chi connectivity index (χ0v) is 17.6. The molecule has 0 bridgehead atoms. The van der Waals surface area contributed by atoms with Crippen molar-refractivity contribution in [2.45, 2.75) is 38.6 Å². The average Bonchev–Trinajstić information content (AvgIpc) is 3.06. The van der Waals surface area contributed by atoms with Crippen molar-refractivity contribution < 1.29 is 13.2 Å². The third-order valence-corrected chi connectivity index (χ3v) is 6.76. The second-order valence-electron chi connectivity index (χ2n) is 6.52. The lowest BCUT2D eigenvalue weighted by Crippen LogP contribution is -2.34. The summed E-state index contributed by atoms with van der Waals surface area (Å²) in [5.74, 6) is -0.108. The first kappa shape index (κ1) is 21.3. The van der Waals surface area contributed by atoms with E-state index in [-0.39, 0.29) is 18.9 Å². The van der Waals surface area contributed by atoms with Crippen molar-refractivity contribution in [1.82, 2.24) is 9.62 Å². The average molecular weight is 407 g/mol. The van der Waals surface area contributed by atoms with Crippen LogP contribution >= 0.6 is 11.3 Å². The van der Waals surface area contributed by atoms with Crippen LogP contribution in [0.1, 0.15) is 28.0 Å². The number of nitrogens with one attached hydrogen (secondary N) is 1. The highest BCUT2D eigenvalue weighted by Gasteiger charge is 2.20. The van der Waals surface area contributed by atoms with Crippen molar-refractivity contribution in [1.29, 1.82) is 0 Å². The lowest BCUT2D eigenvalue weighted by atomic mass is 10.1. The van der Waals surface area contributed by atoms with Crippen molar-refractivity contribution in [2.24, 2.45) is 0 Å². The van der Waals surface area contributed by atoms with E-state index in [1.54, 1.807) is 36.2 Å². The third kappa shape index (κ3) is 5.76. The zero-order valence-electron chi connectivity index (χ0n) is 16.0. The van der Waals surface area contributed by atoms with Gasteiger partial charge in [0, 0.05) is 24.4 Å². The van der Waals surface area contributed by atoms with Gasteiger partial charge in [-0.3, -0.25) is 4.79 Å². The van der Waals surface area contributed by atoms with E-state index in [1.807, 2.05) is 36.6 Å². The van der Waals surface area contributed by atoms with E-state index in [0.717, 1.165) is 10.4 Å². The van der Waals surface area contributed by atoms with Crippen LogP contribution in [0.25, 0.3) is 0 Å². The number of nitrogens with zero attached hydrogens (tertiary/aromatic N) is 1. The number of hydrogen-bond acceptors (Lipinski definition) is 4. The molecule has 0 fully saturated rings. The molecule has 0 saturated heterocycles. The van der Waals surface area contributed by atoms with Crippen LogP contribution in [0.15, 0.2) is 47.2 Å². The minimum atomic E-state index is -3.66. The van der Waals surface area contributed by atoms with E-state index >= 15 is 0 Å². The molecule has 0 aliphatic carbocycles. The topological polar surface area (TPSA) is 66.5 Å². The Kier molecular flexibility index (Phi) is 7.35. The maximum absolute atomic E-state index is 12.7. The summed E-state index contributed by atoms with van der Waals surface area (Å²) in [6, 6.07) is 7.61. The van der Waals surface area contributed by atoms with Gasteiger partial charge >= 0.3 is 0 Å². The Bertz CT molecular complexity index is 880. The number of thiophene rings is 1. The minimum absolute atomic E-state index is 0.0615. The van der Waals surface area contributed by atoms with Gasteiger partial charge in [-0.1, -0.05) is 29.8 Å². The number of carbonyl (C=O) groups is 1. The Labute approximate surface area is 165 Å². The molecule has 27 heavy (non-hydrogen) atoms. The molecule has 0 radical (unpaired) electrons. The second kappa shape index (κ2) is 9.30. The van der Waals surface area contributed by atoms with Crippen molar-refractivity contribution in [2.75, 3.05) is 13.1 Å². The molecule has 1 amide bonds. The molecular formula is C20H26N2O3S2. The summed E-state index contributed by atoms with van der Waals surface area (Å²) in [6.07, 6.45) is 1.77. The molecule has 0 atom stereocenters. The van der Waals surface area contributed by atoms with Gasteiger partial charge < -0.3 is 4.90 Å². The van der Waals surface area contributed by atoms with Crippen LogP contribution < -0.4 is 4.72 Å². The largest absolute Gasteiger partial charge is 0.334 e. The predicted molar refractivity (Wildman–Crippen MR) is 110 cm³/mol. The molecule has 1 heterocycles. The first-order valence-corrected chi connectivity index (χ1v) is 11.1. The van der Waals surface area contributed by atoms with Crippen molar-refractivity contribution in [3.05, 3.63) is 63.9 Å². The van der Waals surface area contributed by atoms with Crippen molar-refractivity contribution in [3.63, 3.8) is 0 Å². The Morgan fingerprint density at radius 3 is 2.48 bits per heavy atom. The molecule has 0 unspecified atom stereocenters. The highest BCUT2D eigenvalue weighted by atomic mass is 32.2. The normalized spacial score (nSPS) is 11.4. The number of sulfonamides is 1. The van der Waals surface area contributed by atoms with Crippen LogP contribution in [0, 0.1) is 20.8 Å². The van der Waals surface area contributed by atoms with Gasteiger partial charge in [-0.05, 0) is 43.3 Å². The van der Waals surface area contributed by atoms with Gasteiger partial charge in [0.25, 0.3) is 0 Å². The maximum atomic E-state index is 12.7. The number of benzene rings is 1. The second-order valence-corrected chi connectivity index (χ2v) is 9.25. The maximum Gasteiger partial charge on any atom is 0.241 e. The quantitative estimate of drug-likeness (QED) is 0.648. The van der Waals surface area contributed by atoms with Gasteiger partial charge in [0.05, 0.1) is 11.4 Å². The van der Waals surface area contributed by atoms with E-state index in [2.05, 4.69) is 11.3 Å². The van der Waals surface area contributed by atoms with Gasteiger partial charge in [0.1, 0.15) is 0 Å². The molecule has 0 aliphatic rings. The fourth-order valence-electron chi connectivity index (χ4n) is 3.11. The number of hydrogen-bond donors (Lipinski definition) is 1. The Hall–Kier alpha value is -1.96. The lowest BCUT2D eigenvalue weighted by molar-refractivity contribution is -0.131. The van der Waals surface area contributed by atoms with E-state index < -0.39 is 10.0 Å². The number of aryl methyl sites for hydroxylation is 3. The summed E-state index contributed by atoms with van der Waals surface area (Å²) < 4.78 is 27.9. The molecule has 2 aromatic rings. The highest BCUT2D eigenvalue weighted by Crippen LogP contribution is 2.21. The van der Waals surface area contributed by atoms with Crippen LogP contribution in [0.4, 0.5) is 0 Å². The van der Waals surface area contributed by atoms with Crippen LogP contribution in [0.3, 0.4) is 0 Å². The summed E-state index contributed by atoms with van der Waals surface area (Å²) in [7, 11) is -3.66. The smallest absolute Gasteiger partial charge is 0.241 e. The first-order valence-electron chi connectivity index (χ1n) is 8.73. The zero-order chi connectivity index (χ0) is 20.0. The van der Waals surface area contributed by atoms with Gasteiger partial charge in [-0.25, -0.2) is 13.1 Å². The molecule has 0 saturated carbocycles. The summed E-state index contributed by atoms with van der Waals surface area (Å²) in [5.41, 5.74) is 2.43. The molecular weight excluding hydrogens is 380 g/mol. The molecule has 5 nitrogen and oxygen atoms in total. The molecule has 0 aliphatic heterocycles. The van der Waals surface area contributed by atoms with E-state index in [0.29, 0.717) is 29.1 Å². The van der Waals surface area contributed by atoms with Crippen LogP contribution in [0.2, 0.25) is 0 Å². The van der Waals surface area contributed by atoms with Gasteiger partial charge in [-0.2, -0.15) is 0 Å². The summed E-state index contributed by atoms with van der Waals surface area (Å²) in [6.45, 7) is 10.2. The number of amides is 1. The Morgan fingerprint density at radius 1 is 1.26 bits per heavy atom. The minimum Gasteiger partial charge on any atom is -0.334 e. The summed E-state index contributed by atoms with van der Waals surface area (Å²) >= 11 is 1.58. The molecule has 1 N–H and O–H groups in total. The number of rotatable bonds is 9. The molecule has 2 rings (SSSR count). The van der Waals surface area contributed by atoms with Crippen LogP contribution in [-0.4, -0.2) is 32.3 Å². The van der Waals surface area contributed by atoms with Crippen LogP contribution in [0.5, 0.6) is 0 Å². The molecule has 1 aromatic heterocycles. The molecule has 1 aromatic carbocycles. The molecule has 0 spiro atoms. The summed E-state index contributed by atoms with van der Waals surface area (Å²) in [4.78, 5) is 15.6. The lowest BCUT2D eigenvalue weighted by Gasteiger charge is -2.20. The Morgan fingerprint density at radius 2 is 1.93 bits per heavy atom. The molecule has 146 valence electrons. The third-order valence-electron chi connectivity index (χ3n) is 4.13.